The zero-order chi connectivity index (χ0) is 24.9. The zero-order valence-electron chi connectivity index (χ0n) is 18.8. The monoisotopic (exact) mass is 522 g/mol. The Morgan fingerprint density at radius 3 is 1.97 bits per heavy atom. The van der Waals surface area contributed by atoms with Gasteiger partial charge < -0.3 is 19.9 Å². The van der Waals surface area contributed by atoms with E-state index in [4.69, 9.17) is 19.9 Å². The van der Waals surface area contributed by atoms with Gasteiger partial charge in [0, 0.05) is 10.0 Å². The number of rotatable bonds is 3. The fourth-order valence-corrected chi connectivity index (χ4v) is 3.46. The number of benzene rings is 1. The molecule has 1 aromatic rings. The number of hydrogen-bond donors (Lipinski definition) is 1. The number of hydrogen-bond acceptors (Lipinski definition) is 7. The molecule has 1 aliphatic rings. The van der Waals surface area contributed by atoms with Gasteiger partial charge in [0.05, 0.1) is 0 Å². The lowest BCUT2D eigenvalue weighted by molar-refractivity contribution is -0.250. The average Bonchev–Trinajstić information content (AvgIpc) is 2.57. The second-order valence-corrected chi connectivity index (χ2v) is 10.4. The Kier molecular flexibility index (Phi) is 6.43. The first-order chi connectivity index (χ1) is 14.3. The van der Waals surface area contributed by atoms with Gasteiger partial charge in [-0.05, 0) is 66.7 Å². The molecule has 1 aliphatic heterocycles. The van der Waals surface area contributed by atoms with E-state index in [2.05, 4.69) is 20.9 Å². The number of carbonyl (C=O) groups is 2. The van der Waals surface area contributed by atoms with Gasteiger partial charge in [-0.15, -0.1) is 0 Å². The highest BCUT2D eigenvalue weighted by Gasteiger charge is 2.80. The highest BCUT2D eigenvalue weighted by molar-refractivity contribution is 9.10. The molecule has 0 bridgehead atoms. The normalized spacial score (nSPS) is 22.4. The molecule has 0 aromatic heterocycles. The van der Waals surface area contributed by atoms with Gasteiger partial charge in [-0.2, -0.15) is 8.78 Å². The lowest BCUT2D eigenvalue weighted by atomic mass is 9.75. The Balaban J connectivity index is 2.87. The lowest BCUT2D eigenvalue weighted by Crippen LogP contribution is -2.73. The number of ether oxygens (including phenoxy) is 3. The number of alkyl halides is 2. The van der Waals surface area contributed by atoms with E-state index >= 15 is 8.78 Å². The quantitative estimate of drug-likeness (QED) is 0.471. The summed E-state index contributed by atoms with van der Waals surface area (Å²) in [5.74, 6) is -9.06. The molecule has 0 saturated carbocycles. The molecule has 32 heavy (non-hydrogen) atoms. The fourth-order valence-electron chi connectivity index (χ4n) is 3.10. The van der Waals surface area contributed by atoms with Crippen LogP contribution in [0.1, 0.15) is 54.0 Å². The predicted octanol–water partition coefficient (Wildman–Crippen LogP) is 4.21. The number of halogens is 4. The smallest absolute Gasteiger partial charge is 0.369 e. The molecule has 1 aromatic carbocycles. The number of aliphatic imine (C=N–C) groups is 1. The van der Waals surface area contributed by atoms with E-state index in [1.807, 2.05) is 0 Å². The van der Waals surface area contributed by atoms with Crippen molar-refractivity contribution in [1.29, 1.82) is 0 Å². The van der Waals surface area contributed by atoms with Crippen LogP contribution in [-0.4, -0.2) is 40.7 Å². The number of nitrogens with two attached hydrogens (primary N) is 1. The molecule has 0 aliphatic carbocycles. The third-order valence-corrected chi connectivity index (χ3v) is 4.96. The Labute approximate surface area is 192 Å². The van der Waals surface area contributed by atoms with Gasteiger partial charge in [0.1, 0.15) is 17.0 Å². The van der Waals surface area contributed by atoms with Crippen LogP contribution in [-0.2, 0) is 29.3 Å². The summed E-state index contributed by atoms with van der Waals surface area (Å²) in [7, 11) is 0. The van der Waals surface area contributed by atoms with Crippen LogP contribution < -0.4 is 5.73 Å². The minimum Gasteiger partial charge on any atom is -0.456 e. The Morgan fingerprint density at radius 1 is 1.06 bits per heavy atom. The number of esters is 2. The summed E-state index contributed by atoms with van der Waals surface area (Å²) < 4.78 is 62.9. The molecule has 0 radical (unpaired) electrons. The molecule has 0 amide bonds. The van der Waals surface area contributed by atoms with Crippen LogP contribution >= 0.6 is 15.9 Å². The molecule has 2 N–H and O–H groups in total. The minimum absolute atomic E-state index is 0.256. The summed E-state index contributed by atoms with van der Waals surface area (Å²) in [6.45, 7) is 9.34. The van der Waals surface area contributed by atoms with Gasteiger partial charge in [-0.1, -0.05) is 15.9 Å². The van der Waals surface area contributed by atoms with E-state index in [9.17, 15) is 14.0 Å². The molecule has 0 unspecified atom stereocenters. The van der Waals surface area contributed by atoms with Crippen molar-refractivity contribution in [1.82, 2.24) is 0 Å². The summed E-state index contributed by atoms with van der Waals surface area (Å²) in [6, 6.07) is 2.35. The van der Waals surface area contributed by atoms with E-state index in [1.54, 1.807) is 0 Å². The molecule has 7 nitrogen and oxygen atoms in total. The summed E-state index contributed by atoms with van der Waals surface area (Å²) >= 11 is 3.10. The van der Waals surface area contributed by atoms with Crippen LogP contribution in [0.3, 0.4) is 0 Å². The van der Waals surface area contributed by atoms with Crippen LogP contribution in [0.25, 0.3) is 0 Å². The topological polar surface area (TPSA) is 100 Å². The van der Waals surface area contributed by atoms with Crippen LogP contribution in [0, 0.1) is 5.82 Å². The average molecular weight is 523 g/mol. The van der Waals surface area contributed by atoms with E-state index in [-0.39, 0.29) is 4.47 Å². The van der Waals surface area contributed by atoms with Crippen molar-refractivity contribution < 1.29 is 37.0 Å². The first-order valence-corrected chi connectivity index (χ1v) is 10.4. The van der Waals surface area contributed by atoms with Crippen molar-refractivity contribution in [3.63, 3.8) is 0 Å². The standard InChI is InChI=1S/C21H26BrF3N2O5/c1-17(2,3)30-14(28)20(15(29)31-18(4,5)6)21(24,25)19(7,27-16(26)32-20)12-10-11(22)8-9-13(12)23/h8-10H,1-7H3,(H2,26,27)/t19-/m1/s1. The second-order valence-electron chi connectivity index (χ2n) is 9.51. The van der Waals surface area contributed by atoms with Gasteiger partial charge in [0.15, 0.2) is 5.54 Å². The molecule has 0 saturated heterocycles. The Morgan fingerprint density at radius 2 is 1.53 bits per heavy atom. The van der Waals surface area contributed by atoms with E-state index < -0.39 is 57.6 Å². The third-order valence-electron chi connectivity index (χ3n) is 4.47. The fraction of sp³-hybridized carbons (Fsp3) is 0.571. The molecule has 11 heteroatoms. The molecule has 0 spiro atoms. The number of amidine groups is 1. The highest BCUT2D eigenvalue weighted by atomic mass is 79.9. The van der Waals surface area contributed by atoms with Crippen molar-refractivity contribution in [2.45, 2.75) is 76.7 Å². The van der Waals surface area contributed by atoms with Crippen LogP contribution in [0.4, 0.5) is 13.2 Å². The molecular weight excluding hydrogens is 497 g/mol. The SMILES string of the molecule is CC(C)(C)OC(=O)C1(C(=O)OC(C)(C)C)OC(N)=N[C@](C)(c2cc(Br)ccc2F)C1(F)F. The molecular formula is C21H26BrF3N2O5. The first kappa shape index (κ1) is 26.0. The Bertz CT molecular complexity index is 941. The highest BCUT2D eigenvalue weighted by Crippen LogP contribution is 2.53. The van der Waals surface area contributed by atoms with Crippen LogP contribution in [0.5, 0.6) is 0 Å². The first-order valence-electron chi connectivity index (χ1n) is 9.61. The van der Waals surface area contributed by atoms with Crippen molar-refractivity contribution in [2.75, 3.05) is 0 Å². The van der Waals surface area contributed by atoms with E-state index in [1.165, 1.54) is 47.6 Å². The maximum absolute atomic E-state index is 16.3. The van der Waals surface area contributed by atoms with Crippen molar-refractivity contribution in [3.05, 3.63) is 34.1 Å². The second kappa shape index (κ2) is 7.93. The third kappa shape index (κ3) is 4.44. The summed E-state index contributed by atoms with van der Waals surface area (Å²) in [5.41, 5.74) is -4.04. The maximum atomic E-state index is 16.3. The van der Waals surface area contributed by atoms with E-state index in [0.717, 1.165) is 19.1 Å². The lowest BCUT2D eigenvalue weighted by Gasteiger charge is -2.47. The number of nitrogens with zero attached hydrogens (tertiary/aromatic N) is 1. The van der Waals surface area contributed by atoms with Gasteiger partial charge in [-0.3, -0.25) is 0 Å². The van der Waals surface area contributed by atoms with Crippen molar-refractivity contribution in [2.24, 2.45) is 10.7 Å². The van der Waals surface area contributed by atoms with Gasteiger partial charge >= 0.3 is 23.5 Å². The molecule has 1 heterocycles. The van der Waals surface area contributed by atoms with Crippen LogP contribution in [0.15, 0.2) is 27.7 Å². The molecule has 2 rings (SSSR count). The molecule has 0 fully saturated rings. The summed E-state index contributed by atoms with van der Waals surface area (Å²) in [4.78, 5) is 29.9. The minimum atomic E-state index is -4.50. The van der Waals surface area contributed by atoms with Gasteiger partial charge in [0.2, 0.25) is 0 Å². The maximum Gasteiger partial charge on any atom is 0.369 e. The zero-order valence-corrected chi connectivity index (χ0v) is 20.4. The summed E-state index contributed by atoms with van der Waals surface area (Å²) in [6.07, 6.45) is 0. The van der Waals surface area contributed by atoms with E-state index in [0.29, 0.717) is 0 Å². The largest absolute Gasteiger partial charge is 0.456 e. The van der Waals surface area contributed by atoms with Crippen molar-refractivity contribution in [3.8, 4) is 0 Å². The number of carbonyl (C=O) groups excluding carboxylic acids is 2. The summed E-state index contributed by atoms with van der Waals surface area (Å²) in [5, 5.41) is 0. The van der Waals surface area contributed by atoms with Gasteiger partial charge in [0.25, 0.3) is 6.02 Å². The van der Waals surface area contributed by atoms with Crippen LogP contribution in [0.2, 0.25) is 0 Å². The molecule has 178 valence electrons. The predicted molar refractivity (Wildman–Crippen MR) is 114 cm³/mol. The molecule has 1 atom stereocenters. The van der Waals surface area contributed by atoms with Crippen molar-refractivity contribution >= 4 is 33.9 Å². The van der Waals surface area contributed by atoms with Gasteiger partial charge in [-0.25, -0.2) is 19.0 Å². The Hall–Kier alpha value is -2.30.